The van der Waals surface area contributed by atoms with Crippen LogP contribution in [0.4, 0.5) is 5.82 Å². The molecule has 31 heavy (non-hydrogen) atoms. The van der Waals surface area contributed by atoms with Crippen molar-refractivity contribution in [2.75, 3.05) is 38.1 Å². The van der Waals surface area contributed by atoms with Crippen LogP contribution in [0, 0.1) is 0 Å². The topological polar surface area (TPSA) is 62.2 Å². The second kappa shape index (κ2) is 8.53. The zero-order chi connectivity index (χ0) is 21.2. The molecular formula is C24H23N5OS. The number of hydrogen-bond donors (Lipinski definition) is 0. The number of anilines is 1. The van der Waals surface area contributed by atoms with Crippen molar-refractivity contribution < 1.29 is 4.79 Å². The number of Topliss-reactive ketones (excluding diaryl/α,β-unsaturated/α-hetero) is 1. The number of fused-ring (bicyclic) bond motifs is 1. The van der Waals surface area contributed by atoms with Gasteiger partial charge in [0.2, 0.25) is 0 Å². The number of carbonyl (C=O) groups excluding carboxylic acids is 1. The predicted octanol–water partition coefficient (Wildman–Crippen LogP) is 3.93. The molecule has 0 aliphatic carbocycles. The Morgan fingerprint density at radius 2 is 1.84 bits per heavy atom. The Labute approximate surface area is 185 Å². The van der Waals surface area contributed by atoms with Crippen LogP contribution >= 0.6 is 11.3 Å². The zero-order valence-corrected chi connectivity index (χ0v) is 18.2. The van der Waals surface area contributed by atoms with E-state index in [2.05, 4.69) is 50.0 Å². The Bertz CT molecular complexity index is 1200. The molecule has 1 aromatic carbocycles. The molecule has 1 aliphatic rings. The fourth-order valence-electron chi connectivity index (χ4n) is 3.84. The number of likely N-dealkylation sites (N-methyl/N-ethyl adjacent to an activating group) is 1. The number of thiazole rings is 1. The van der Waals surface area contributed by atoms with Crippen LogP contribution in [-0.4, -0.2) is 58.9 Å². The van der Waals surface area contributed by atoms with Gasteiger partial charge < -0.3 is 9.80 Å². The van der Waals surface area contributed by atoms with E-state index in [1.54, 1.807) is 17.5 Å². The van der Waals surface area contributed by atoms with Crippen LogP contribution in [0.2, 0.25) is 0 Å². The summed E-state index contributed by atoms with van der Waals surface area (Å²) in [5.41, 5.74) is 4.35. The lowest BCUT2D eigenvalue weighted by Crippen LogP contribution is -2.44. The van der Waals surface area contributed by atoms with E-state index in [-0.39, 0.29) is 12.2 Å². The van der Waals surface area contributed by atoms with Crippen molar-refractivity contribution in [3.8, 4) is 10.4 Å². The van der Waals surface area contributed by atoms with E-state index >= 15 is 0 Å². The summed E-state index contributed by atoms with van der Waals surface area (Å²) in [5.74, 6) is 0.965. The predicted molar refractivity (Wildman–Crippen MR) is 125 cm³/mol. The Morgan fingerprint density at radius 1 is 0.968 bits per heavy atom. The lowest BCUT2D eigenvalue weighted by molar-refractivity contribution is 0.0991. The Balaban J connectivity index is 1.31. The number of rotatable bonds is 5. The summed E-state index contributed by atoms with van der Waals surface area (Å²) in [7, 11) is 2.13. The molecule has 1 saturated heterocycles. The monoisotopic (exact) mass is 429 g/mol. The molecule has 156 valence electrons. The van der Waals surface area contributed by atoms with Gasteiger partial charge >= 0.3 is 0 Å². The lowest BCUT2D eigenvalue weighted by Gasteiger charge is -2.33. The maximum absolute atomic E-state index is 12.8. The highest BCUT2D eigenvalue weighted by Gasteiger charge is 2.16. The van der Waals surface area contributed by atoms with Gasteiger partial charge in [-0.05, 0) is 42.3 Å². The van der Waals surface area contributed by atoms with Gasteiger partial charge in [0.05, 0.1) is 16.8 Å². The van der Waals surface area contributed by atoms with Gasteiger partial charge in [0.25, 0.3) is 0 Å². The number of nitrogens with zero attached hydrogens (tertiary/aromatic N) is 5. The molecular weight excluding hydrogens is 406 g/mol. The van der Waals surface area contributed by atoms with Crippen LogP contribution in [-0.2, 0) is 6.42 Å². The fraction of sp³-hybridized carbons (Fsp3) is 0.250. The second-order valence-corrected chi connectivity index (χ2v) is 8.78. The normalized spacial score (nSPS) is 14.8. The van der Waals surface area contributed by atoms with Crippen molar-refractivity contribution in [2.45, 2.75) is 6.42 Å². The van der Waals surface area contributed by atoms with Gasteiger partial charge in [-0.15, -0.1) is 11.3 Å². The Hall–Kier alpha value is -3.16. The third-order valence-corrected chi connectivity index (χ3v) is 6.56. The molecule has 4 heterocycles. The minimum atomic E-state index is 0.0305. The minimum absolute atomic E-state index is 0.0305. The number of piperazine rings is 1. The second-order valence-electron chi connectivity index (χ2n) is 7.90. The first-order chi connectivity index (χ1) is 15.2. The van der Waals surface area contributed by atoms with Gasteiger partial charge in [0.15, 0.2) is 5.78 Å². The number of benzene rings is 1. The van der Waals surface area contributed by atoms with E-state index in [0.29, 0.717) is 5.56 Å². The van der Waals surface area contributed by atoms with E-state index in [9.17, 15) is 4.79 Å². The van der Waals surface area contributed by atoms with Crippen LogP contribution in [0.5, 0.6) is 0 Å². The third kappa shape index (κ3) is 4.33. The first-order valence-corrected chi connectivity index (χ1v) is 11.2. The highest BCUT2D eigenvalue weighted by Crippen LogP contribution is 2.27. The third-order valence-electron chi connectivity index (χ3n) is 5.73. The summed E-state index contributed by atoms with van der Waals surface area (Å²) < 4.78 is 0. The molecule has 0 atom stereocenters. The fourth-order valence-corrected chi connectivity index (χ4v) is 4.46. The average molecular weight is 430 g/mol. The van der Waals surface area contributed by atoms with Crippen molar-refractivity contribution in [1.29, 1.82) is 0 Å². The molecule has 1 fully saturated rings. The molecule has 0 bridgehead atoms. The van der Waals surface area contributed by atoms with Gasteiger partial charge in [-0.25, -0.2) is 4.98 Å². The van der Waals surface area contributed by atoms with Crippen LogP contribution in [0.25, 0.3) is 21.2 Å². The summed E-state index contributed by atoms with van der Waals surface area (Å²) in [6.07, 6.45) is 5.66. The largest absolute Gasteiger partial charge is 0.354 e. The molecule has 3 aromatic heterocycles. The molecule has 0 saturated carbocycles. The summed E-state index contributed by atoms with van der Waals surface area (Å²) in [4.78, 5) is 31.7. The quantitative estimate of drug-likeness (QED) is 0.448. The Morgan fingerprint density at radius 3 is 2.58 bits per heavy atom. The van der Waals surface area contributed by atoms with Crippen LogP contribution in [0.3, 0.4) is 0 Å². The van der Waals surface area contributed by atoms with E-state index in [1.165, 1.54) is 0 Å². The summed E-state index contributed by atoms with van der Waals surface area (Å²) in [6, 6.07) is 12.1. The molecule has 0 unspecified atom stereocenters. The van der Waals surface area contributed by atoms with E-state index in [4.69, 9.17) is 0 Å². The molecule has 5 rings (SSSR count). The minimum Gasteiger partial charge on any atom is -0.354 e. The molecule has 1 aliphatic heterocycles. The van der Waals surface area contributed by atoms with Crippen molar-refractivity contribution >= 4 is 33.7 Å². The van der Waals surface area contributed by atoms with Crippen LogP contribution in [0.15, 0.2) is 60.5 Å². The standard InChI is InChI=1S/C24H23N5OS/c1-28-6-8-29(9-7-28)24-5-4-19(14-27-24)22(30)12-21-11-20-10-17(23-15-25-16-31-23)2-3-18(20)13-26-21/h2-5,10-11,13-16H,6-9,12H2,1H3. The van der Waals surface area contributed by atoms with E-state index in [0.717, 1.165) is 58.9 Å². The SMILES string of the molecule is CN1CCN(c2ccc(C(=O)Cc3cc4cc(-c5cncs5)ccc4cn3)cn2)CC1. The first kappa shape index (κ1) is 19.8. The highest BCUT2D eigenvalue weighted by atomic mass is 32.1. The summed E-state index contributed by atoms with van der Waals surface area (Å²) >= 11 is 1.61. The first-order valence-electron chi connectivity index (χ1n) is 10.4. The molecule has 6 nitrogen and oxygen atoms in total. The van der Waals surface area contributed by atoms with Crippen molar-refractivity contribution in [2.24, 2.45) is 0 Å². The average Bonchev–Trinajstić information content (AvgIpc) is 3.34. The molecule has 0 N–H and O–H groups in total. The van der Waals surface area contributed by atoms with Crippen molar-refractivity contribution in [3.05, 3.63) is 71.8 Å². The smallest absolute Gasteiger partial charge is 0.170 e. The zero-order valence-electron chi connectivity index (χ0n) is 17.4. The molecule has 0 amide bonds. The maximum Gasteiger partial charge on any atom is 0.170 e. The molecule has 0 spiro atoms. The maximum atomic E-state index is 12.8. The molecule has 4 aromatic rings. The Kier molecular flexibility index (Phi) is 5.44. The van der Waals surface area contributed by atoms with Crippen LogP contribution < -0.4 is 4.90 Å². The number of ketones is 1. The summed E-state index contributed by atoms with van der Waals surface area (Å²) in [6.45, 7) is 3.98. The highest BCUT2D eigenvalue weighted by molar-refractivity contribution is 7.13. The van der Waals surface area contributed by atoms with Crippen molar-refractivity contribution in [1.82, 2.24) is 19.9 Å². The van der Waals surface area contributed by atoms with Crippen molar-refractivity contribution in [3.63, 3.8) is 0 Å². The van der Waals surface area contributed by atoms with Gasteiger partial charge in [0.1, 0.15) is 5.82 Å². The number of carbonyl (C=O) groups is 1. The van der Waals surface area contributed by atoms with E-state index in [1.807, 2.05) is 36.1 Å². The van der Waals surface area contributed by atoms with E-state index < -0.39 is 0 Å². The molecule has 7 heteroatoms. The van der Waals surface area contributed by atoms with Gasteiger partial charge in [-0.1, -0.05) is 12.1 Å². The van der Waals surface area contributed by atoms with Gasteiger partial charge in [-0.2, -0.15) is 0 Å². The van der Waals surface area contributed by atoms with Gasteiger partial charge in [0, 0.05) is 61.4 Å². The lowest BCUT2D eigenvalue weighted by atomic mass is 10.0. The van der Waals surface area contributed by atoms with Gasteiger partial charge in [-0.3, -0.25) is 14.8 Å². The number of aromatic nitrogens is 3. The number of pyridine rings is 2. The van der Waals surface area contributed by atoms with Crippen LogP contribution in [0.1, 0.15) is 16.1 Å². The summed E-state index contributed by atoms with van der Waals surface area (Å²) in [5, 5.41) is 2.13. The number of hydrogen-bond acceptors (Lipinski definition) is 7. The molecule has 0 radical (unpaired) electrons.